The fraction of sp³-hybridized carbons (Fsp3) is 0.933. The van der Waals surface area contributed by atoms with Crippen LogP contribution in [0.2, 0.25) is 0 Å². The van der Waals surface area contributed by atoms with Crippen LogP contribution in [0, 0.1) is 5.92 Å². The lowest BCUT2D eigenvalue weighted by atomic mass is 9.78. The first-order valence-corrected chi connectivity index (χ1v) is 7.67. The van der Waals surface area contributed by atoms with Gasteiger partial charge in [0, 0.05) is 12.6 Å². The van der Waals surface area contributed by atoms with Crippen LogP contribution in [0.5, 0.6) is 0 Å². The maximum absolute atomic E-state index is 11.7. The van der Waals surface area contributed by atoms with Gasteiger partial charge in [0.05, 0.1) is 18.1 Å². The van der Waals surface area contributed by atoms with Crippen molar-refractivity contribution in [3.8, 4) is 0 Å². The van der Waals surface area contributed by atoms with Gasteiger partial charge in [0.2, 0.25) is 0 Å². The molecule has 0 spiro atoms. The number of hydrogen-bond donors (Lipinski definition) is 1. The van der Waals surface area contributed by atoms with Gasteiger partial charge in [-0.1, -0.05) is 0 Å². The molecular weight excluding hydrogens is 242 g/mol. The number of β-amino-alcohol motifs (C(OH)–C–C–N with tert-alkyl or cyclic N) is 1. The molecule has 4 nitrogen and oxygen atoms in total. The van der Waals surface area contributed by atoms with Crippen LogP contribution in [-0.4, -0.2) is 47.3 Å². The molecule has 1 N–H and O–H groups in total. The van der Waals surface area contributed by atoms with Crippen LogP contribution in [0.25, 0.3) is 0 Å². The third-order valence-electron chi connectivity index (χ3n) is 4.72. The fourth-order valence-electron chi connectivity index (χ4n) is 3.41. The van der Waals surface area contributed by atoms with Crippen molar-refractivity contribution >= 4 is 5.97 Å². The molecule has 2 fully saturated rings. The van der Waals surface area contributed by atoms with Gasteiger partial charge in [0.1, 0.15) is 0 Å². The molecule has 1 unspecified atom stereocenters. The Morgan fingerprint density at radius 3 is 2.58 bits per heavy atom. The van der Waals surface area contributed by atoms with Crippen molar-refractivity contribution in [3.63, 3.8) is 0 Å². The maximum atomic E-state index is 11.7. The number of ether oxygens (including phenoxy) is 1. The first-order chi connectivity index (χ1) is 9.04. The molecule has 2 aliphatic rings. The maximum Gasteiger partial charge on any atom is 0.308 e. The van der Waals surface area contributed by atoms with Crippen LogP contribution in [0.4, 0.5) is 0 Å². The first-order valence-electron chi connectivity index (χ1n) is 7.67. The first kappa shape index (κ1) is 14.8. The fourth-order valence-corrected chi connectivity index (χ4v) is 3.41. The number of rotatable bonds is 4. The van der Waals surface area contributed by atoms with Crippen molar-refractivity contribution in [1.29, 1.82) is 0 Å². The summed E-state index contributed by atoms with van der Waals surface area (Å²) < 4.78 is 5.07. The standard InChI is InChI=1S/C15H27NO3/c1-3-19-14(17)13-6-8-15(18,9-7-13)11-16-10-4-5-12(16)2/h12-13,18H,3-11H2,1-2H3. The second-order valence-electron chi connectivity index (χ2n) is 6.21. The molecule has 0 aromatic carbocycles. The Bertz CT molecular complexity index is 311. The Morgan fingerprint density at radius 1 is 1.37 bits per heavy atom. The lowest BCUT2D eigenvalue weighted by Gasteiger charge is -2.39. The molecule has 0 amide bonds. The topological polar surface area (TPSA) is 49.8 Å². The van der Waals surface area contributed by atoms with Gasteiger partial charge >= 0.3 is 5.97 Å². The summed E-state index contributed by atoms with van der Waals surface area (Å²) in [6.07, 6.45) is 5.44. The molecule has 1 aliphatic carbocycles. The predicted molar refractivity (Wildman–Crippen MR) is 73.8 cm³/mol. The monoisotopic (exact) mass is 269 g/mol. The van der Waals surface area contributed by atoms with Gasteiger partial charge in [-0.2, -0.15) is 0 Å². The quantitative estimate of drug-likeness (QED) is 0.793. The Morgan fingerprint density at radius 2 is 2.05 bits per heavy atom. The molecule has 0 bridgehead atoms. The molecule has 0 radical (unpaired) electrons. The second-order valence-corrected chi connectivity index (χ2v) is 6.21. The summed E-state index contributed by atoms with van der Waals surface area (Å²) in [5, 5.41) is 10.7. The summed E-state index contributed by atoms with van der Waals surface area (Å²) in [5.41, 5.74) is -0.596. The summed E-state index contributed by atoms with van der Waals surface area (Å²) in [6, 6.07) is 0.590. The molecule has 4 heteroatoms. The molecule has 19 heavy (non-hydrogen) atoms. The third-order valence-corrected chi connectivity index (χ3v) is 4.72. The van der Waals surface area contributed by atoms with Crippen molar-refractivity contribution in [1.82, 2.24) is 4.90 Å². The molecule has 1 saturated carbocycles. The molecule has 0 aromatic heterocycles. The number of likely N-dealkylation sites (tertiary alicyclic amines) is 1. The highest BCUT2D eigenvalue weighted by Gasteiger charge is 2.38. The number of carbonyl (C=O) groups is 1. The van der Waals surface area contributed by atoms with Gasteiger partial charge in [-0.05, 0) is 58.9 Å². The van der Waals surface area contributed by atoms with Crippen molar-refractivity contribution in [3.05, 3.63) is 0 Å². The SMILES string of the molecule is CCOC(=O)C1CCC(O)(CN2CCCC2C)CC1. The zero-order valence-corrected chi connectivity index (χ0v) is 12.2. The van der Waals surface area contributed by atoms with Crippen LogP contribution in [0.15, 0.2) is 0 Å². The van der Waals surface area contributed by atoms with Gasteiger partial charge in [-0.25, -0.2) is 0 Å². The van der Waals surface area contributed by atoms with E-state index in [-0.39, 0.29) is 11.9 Å². The Labute approximate surface area is 116 Å². The Hall–Kier alpha value is -0.610. The molecule has 110 valence electrons. The third kappa shape index (κ3) is 3.69. The number of carbonyl (C=O) groups excluding carboxylic acids is 1. The summed E-state index contributed by atoms with van der Waals surface area (Å²) >= 11 is 0. The van der Waals surface area contributed by atoms with Gasteiger partial charge in [-0.3, -0.25) is 9.69 Å². The molecule has 0 aromatic rings. The van der Waals surface area contributed by atoms with E-state index in [9.17, 15) is 9.90 Å². The van der Waals surface area contributed by atoms with E-state index >= 15 is 0 Å². The van der Waals surface area contributed by atoms with Crippen LogP contribution < -0.4 is 0 Å². The van der Waals surface area contributed by atoms with E-state index < -0.39 is 5.60 Å². The van der Waals surface area contributed by atoms with Gasteiger partial charge < -0.3 is 9.84 Å². The van der Waals surface area contributed by atoms with E-state index in [4.69, 9.17) is 4.74 Å². The lowest BCUT2D eigenvalue weighted by Crippen LogP contribution is -2.47. The van der Waals surface area contributed by atoms with Crippen molar-refractivity contribution in [2.75, 3.05) is 19.7 Å². The van der Waals surface area contributed by atoms with E-state index in [1.165, 1.54) is 12.8 Å². The molecule has 1 heterocycles. The largest absolute Gasteiger partial charge is 0.466 e. The summed E-state index contributed by atoms with van der Waals surface area (Å²) in [6.45, 7) is 6.39. The van der Waals surface area contributed by atoms with E-state index in [2.05, 4.69) is 11.8 Å². The highest BCUT2D eigenvalue weighted by molar-refractivity contribution is 5.72. The average molecular weight is 269 g/mol. The Balaban J connectivity index is 1.82. The van der Waals surface area contributed by atoms with Gasteiger partial charge in [0.25, 0.3) is 0 Å². The minimum absolute atomic E-state index is 0.00349. The lowest BCUT2D eigenvalue weighted by molar-refractivity contribution is -0.151. The van der Waals surface area contributed by atoms with E-state index in [1.807, 2.05) is 6.92 Å². The average Bonchev–Trinajstić information content (AvgIpc) is 2.75. The zero-order chi connectivity index (χ0) is 13.9. The van der Waals surface area contributed by atoms with Gasteiger partial charge in [0.15, 0.2) is 0 Å². The summed E-state index contributed by atoms with van der Waals surface area (Å²) in [5.74, 6) is -0.0877. The number of aliphatic hydroxyl groups is 1. The van der Waals surface area contributed by atoms with Crippen molar-refractivity contribution in [2.24, 2.45) is 5.92 Å². The summed E-state index contributed by atoms with van der Waals surface area (Å²) in [4.78, 5) is 14.1. The van der Waals surface area contributed by atoms with Crippen LogP contribution in [-0.2, 0) is 9.53 Å². The van der Waals surface area contributed by atoms with Crippen LogP contribution in [0.1, 0.15) is 52.4 Å². The molecule has 1 saturated heterocycles. The second kappa shape index (κ2) is 6.23. The normalized spacial score (nSPS) is 36.4. The van der Waals surface area contributed by atoms with E-state index in [0.29, 0.717) is 12.6 Å². The highest BCUT2D eigenvalue weighted by Crippen LogP contribution is 2.34. The number of nitrogens with zero attached hydrogens (tertiary/aromatic N) is 1. The van der Waals surface area contributed by atoms with Crippen molar-refractivity contribution in [2.45, 2.75) is 64.0 Å². The predicted octanol–water partition coefficient (Wildman–Crippen LogP) is 1.96. The van der Waals surface area contributed by atoms with Gasteiger partial charge in [-0.15, -0.1) is 0 Å². The van der Waals surface area contributed by atoms with Crippen LogP contribution >= 0.6 is 0 Å². The number of esters is 1. The summed E-state index contributed by atoms with van der Waals surface area (Å²) in [7, 11) is 0. The minimum atomic E-state index is -0.596. The molecule has 1 aliphatic heterocycles. The Kier molecular flexibility index (Phi) is 4.85. The molecular formula is C15H27NO3. The smallest absolute Gasteiger partial charge is 0.308 e. The zero-order valence-electron chi connectivity index (χ0n) is 12.2. The van der Waals surface area contributed by atoms with E-state index in [0.717, 1.165) is 38.8 Å². The molecule has 2 rings (SSSR count). The highest BCUT2D eigenvalue weighted by atomic mass is 16.5. The van der Waals surface area contributed by atoms with Crippen molar-refractivity contribution < 1.29 is 14.6 Å². The molecule has 1 atom stereocenters. The van der Waals surface area contributed by atoms with E-state index in [1.54, 1.807) is 0 Å². The van der Waals surface area contributed by atoms with Crippen LogP contribution in [0.3, 0.4) is 0 Å². The number of hydrogen-bond acceptors (Lipinski definition) is 4. The minimum Gasteiger partial charge on any atom is -0.466 e.